The fourth-order valence-corrected chi connectivity index (χ4v) is 2.12. The van der Waals surface area contributed by atoms with Crippen LogP contribution in [0.4, 0.5) is 0 Å². The Labute approximate surface area is 109 Å². The predicted molar refractivity (Wildman–Crippen MR) is 63.8 cm³/mol. The van der Waals surface area contributed by atoms with Gasteiger partial charge in [-0.25, -0.2) is 0 Å². The summed E-state index contributed by atoms with van der Waals surface area (Å²) in [4.78, 5) is 0. The summed E-state index contributed by atoms with van der Waals surface area (Å²) in [5.74, 6) is 0. The third kappa shape index (κ3) is 5.71. The molecule has 0 aliphatic carbocycles. The summed E-state index contributed by atoms with van der Waals surface area (Å²) in [6.45, 7) is 3.44. The molecule has 1 aromatic rings. The summed E-state index contributed by atoms with van der Waals surface area (Å²) in [5, 5.41) is 10.1. The van der Waals surface area contributed by atoms with Crippen LogP contribution in [0.3, 0.4) is 0 Å². The number of nitrogens with zero attached hydrogens (tertiary/aromatic N) is 1. The van der Waals surface area contributed by atoms with E-state index in [4.69, 9.17) is 11.6 Å². The van der Waals surface area contributed by atoms with Crippen LogP contribution in [0.5, 0.6) is 0 Å². The SMILES string of the molecule is CC(O)C[N+](C)(C)Cc1cccc(Cl)c1.[Cl-]. The number of aliphatic hydroxyl groups is 1. The zero-order chi connectivity index (χ0) is 11.5. The van der Waals surface area contributed by atoms with Crippen LogP contribution in [0.25, 0.3) is 0 Å². The van der Waals surface area contributed by atoms with Crippen LogP contribution in [0.2, 0.25) is 5.02 Å². The van der Waals surface area contributed by atoms with E-state index in [9.17, 15) is 5.11 Å². The number of benzene rings is 1. The molecule has 0 aliphatic heterocycles. The fraction of sp³-hybridized carbons (Fsp3) is 0.500. The van der Waals surface area contributed by atoms with Crippen molar-refractivity contribution in [2.24, 2.45) is 0 Å². The van der Waals surface area contributed by atoms with E-state index in [0.29, 0.717) is 0 Å². The van der Waals surface area contributed by atoms with Crippen LogP contribution in [-0.4, -0.2) is 36.3 Å². The van der Waals surface area contributed by atoms with Crippen molar-refractivity contribution in [1.29, 1.82) is 0 Å². The molecule has 1 N–H and O–H groups in total. The lowest BCUT2D eigenvalue weighted by molar-refractivity contribution is -0.906. The van der Waals surface area contributed by atoms with Crippen molar-refractivity contribution in [2.75, 3.05) is 20.6 Å². The number of halogens is 2. The zero-order valence-electron chi connectivity index (χ0n) is 9.95. The summed E-state index contributed by atoms with van der Waals surface area (Å²) in [6, 6.07) is 7.87. The molecule has 0 saturated carbocycles. The van der Waals surface area contributed by atoms with Gasteiger partial charge in [-0.2, -0.15) is 0 Å². The van der Waals surface area contributed by atoms with E-state index in [0.717, 1.165) is 22.6 Å². The van der Waals surface area contributed by atoms with Gasteiger partial charge in [0.25, 0.3) is 0 Å². The van der Waals surface area contributed by atoms with Crippen LogP contribution in [0, 0.1) is 0 Å². The number of hydrogen-bond acceptors (Lipinski definition) is 1. The Hall–Kier alpha value is -0.280. The van der Waals surface area contributed by atoms with Crippen molar-refractivity contribution in [2.45, 2.75) is 19.6 Å². The standard InChI is InChI=1S/C12H19ClNO.ClH/c1-10(15)8-14(2,3)9-11-5-4-6-12(13)7-11;/h4-7,10,15H,8-9H2,1-3H3;1H/q+1;/p-1. The Morgan fingerprint density at radius 2 is 2.00 bits per heavy atom. The van der Waals surface area contributed by atoms with E-state index in [1.807, 2.05) is 25.1 Å². The van der Waals surface area contributed by atoms with Gasteiger partial charge in [0.05, 0.1) is 14.1 Å². The molecule has 1 aromatic carbocycles. The lowest BCUT2D eigenvalue weighted by atomic mass is 10.2. The van der Waals surface area contributed by atoms with E-state index < -0.39 is 0 Å². The largest absolute Gasteiger partial charge is 1.00 e. The molecular formula is C12H19Cl2NO. The Kier molecular flexibility index (Phi) is 6.34. The lowest BCUT2D eigenvalue weighted by Gasteiger charge is -2.31. The number of likely N-dealkylation sites (N-methyl/N-ethyl adjacent to an activating group) is 1. The van der Waals surface area contributed by atoms with Gasteiger partial charge >= 0.3 is 0 Å². The van der Waals surface area contributed by atoms with Gasteiger partial charge in [0.1, 0.15) is 19.2 Å². The molecule has 1 rings (SSSR count). The first-order valence-corrected chi connectivity index (χ1v) is 5.51. The minimum atomic E-state index is -0.279. The topological polar surface area (TPSA) is 20.2 Å². The number of rotatable bonds is 4. The highest BCUT2D eigenvalue weighted by molar-refractivity contribution is 6.30. The smallest absolute Gasteiger partial charge is 0.105 e. The van der Waals surface area contributed by atoms with Gasteiger partial charge in [0, 0.05) is 10.6 Å². The van der Waals surface area contributed by atoms with Crippen molar-refractivity contribution in [1.82, 2.24) is 0 Å². The molecule has 1 unspecified atom stereocenters. The molecule has 0 fully saturated rings. The quantitative estimate of drug-likeness (QED) is 0.713. The van der Waals surface area contributed by atoms with Gasteiger partial charge in [-0.05, 0) is 19.1 Å². The van der Waals surface area contributed by atoms with E-state index in [1.165, 1.54) is 5.56 Å². The van der Waals surface area contributed by atoms with Gasteiger partial charge in [0.15, 0.2) is 0 Å². The normalized spacial score (nSPS) is 13.1. The summed E-state index contributed by atoms with van der Waals surface area (Å²) in [5.41, 5.74) is 1.20. The first kappa shape index (κ1) is 15.7. The molecule has 16 heavy (non-hydrogen) atoms. The third-order valence-electron chi connectivity index (χ3n) is 2.26. The number of quaternary nitrogens is 1. The van der Waals surface area contributed by atoms with Gasteiger partial charge in [0.2, 0.25) is 0 Å². The molecule has 0 bridgehead atoms. The Morgan fingerprint density at radius 3 is 2.50 bits per heavy atom. The van der Waals surface area contributed by atoms with Crippen molar-refractivity contribution in [3.63, 3.8) is 0 Å². The molecule has 4 heteroatoms. The van der Waals surface area contributed by atoms with E-state index in [-0.39, 0.29) is 18.5 Å². The van der Waals surface area contributed by atoms with E-state index >= 15 is 0 Å². The minimum absolute atomic E-state index is 0. The Bertz CT molecular complexity index is 327. The van der Waals surface area contributed by atoms with Crippen LogP contribution in [0.15, 0.2) is 24.3 Å². The number of hydrogen-bond donors (Lipinski definition) is 1. The van der Waals surface area contributed by atoms with Crippen LogP contribution in [-0.2, 0) is 6.54 Å². The molecule has 2 nitrogen and oxygen atoms in total. The number of aliphatic hydroxyl groups excluding tert-OH is 1. The minimum Gasteiger partial charge on any atom is -1.00 e. The molecule has 0 radical (unpaired) electrons. The van der Waals surface area contributed by atoms with E-state index in [2.05, 4.69) is 20.2 Å². The first-order chi connectivity index (χ1) is 6.89. The molecule has 0 aliphatic rings. The van der Waals surface area contributed by atoms with Crippen molar-refractivity contribution >= 4 is 11.6 Å². The maximum Gasteiger partial charge on any atom is 0.105 e. The van der Waals surface area contributed by atoms with E-state index in [1.54, 1.807) is 0 Å². The van der Waals surface area contributed by atoms with Crippen LogP contribution < -0.4 is 12.4 Å². The highest BCUT2D eigenvalue weighted by atomic mass is 35.5. The summed E-state index contributed by atoms with van der Waals surface area (Å²) in [7, 11) is 4.21. The second-order valence-corrected chi connectivity index (χ2v) is 5.19. The van der Waals surface area contributed by atoms with Gasteiger partial charge in [-0.15, -0.1) is 0 Å². The third-order valence-corrected chi connectivity index (χ3v) is 2.49. The molecule has 1 atom stereocenters. The van der Waals surface area contributed by atoms with Gasteiger partial charge in [-0.1, -0.05) is 23.7 Å². The average Bonchev–Trinajstić information content (AvgIpc) is 1.99. The highest BCUT2D eigenvalue weighted by Gasteiger charge is 2.18. The second kappa shape index (κ2) is 6.45. The summed E-state index contributed by atoms with van der Waals surface area (Å²) >= 11 is 5.92. The maximum atomic E-state index is 9.38. The maximum absolute atomic E-state index is 9.38. The monoisotopic (exact) mass is 263 g/mol. The zero-order valence-corrected chi connectivity index (χ0v) is 11.5. The molecule has 0 saturated heterocycles. The molecule has 0 heterocycles. The van der Waals surface area contributed by atoms with Gasteiger partial charge < -0.3 is 22.0 Å². The van der Waals surface area contributed by atoms with Crippen molar-refractivity contribution in [3.05, 3.63) is 34.9 Å². The first-order valence-electron chi connectivity index (χ1n) is 5.13. The Balaban J connectivity index is 0.00000225. The molecule has 92 valence electrons. The molecule has 0 amide bonds. The van der Waals surface area contributed by atoms with Crippen molar-refractivity contribution < 1.29 is 22.0 Å². The lowest BCUT2D eigenvalue weighted by Crippen LogP contribution is -3.00. The predicted octanol–water partition coefficient (Wildman–Crippen LogP) is -0.699. The average molecular weight is 264 g/mol. The van der Waals surface area contributed by atoms with Crippen molar-refractivity contribution in [3.8, 4) is 0 Å². The van der Waals surface area contributed by atoms with Gasteiger partial charge in [-0.3, -0.25) is 0 Å². The van der Waals surface area contributed by atoms with Crippen LogP contribution >= 0.6 is 11.6 Å². The summed E-state index contributed by atoms with van der Waals surface area (Å²) in [6.07, 6.45) is -0.279. The molecule has 0 aromatic heterocycles. The molecule has 0 spiro atoms. The summed E-state index contributed by atoms with van der Waals surface area (Å²) < 4.78 is 0.762. The molecular weight excluding hydrogens is 245 g/mol. The second-order valence-electron chi connectivity index (χ2n) is 4.76. The van der Waals surface area contributed by atoms with Crippen LogP contribution in [0.1, 0.15) is 12.5 Å². The highest BCUT2D eigenvalue weighted by Crippen LogP contribution is 2.15. The Morgan fingerprint density at radius 1 is 1.38 bits per heavy atom. The fourth-order valence-electron chi connectivity index (χ4n) is 1.91.